The second-order valence-corrected chi connectivity index (χ2v) is 7.77. The number of methoxy groups -OCH3 is 2. The van der Waals surface area contributed by atoms with E-state index in [1.54, 1.807) is 13.8 Å². The van der Waals surface area contributed by atoms with Crippen LogP contribution in [0.25, 0.3) is 0 Å². The summed E-state index contributed by atoms with van der Waals surface area (Å²) < 4.78 is 14.8. The maximum Gasteiger partial charge on any atom is 0.336 e. The Morgan fingerprint density at radius 2 is 1.67 bits per heavy atom. The number of carbonyl (C=O) groups is 4. The van der Waals surface area contributed by atoms with Gasteiger partial charge in [0.2, 0.25) is 0 Å². The second kappa shape index (κ2) is 10.4. The lowest BCUT2D eigenvalue weighted by atomic mass is 9.80. The fourth-order valence-corrected chi connectivity index (χ4v) is 4.10. The van der Waals surface area contributed by atoms with Crippen molar-refractivity contribution in [3.05, 3.63) is 11.3 Å². The van der Waals surface area contributed by atoms with Gasteiger partial charge in [0.15, 0.2) is 6.61 Å². The van der Waals surface area contributed by atoms with Crippen LogP contribution in [0, 0.1) is 17.8 Å². The molecule has 0 radical (unpaired) electrons. The number of carbonyl (C=O) groups excluding carboxylic acids is 4. The van der Waals surface area contributed by atoms with E-state index in [1.807, 2.05) is 0 Å². The van der Waals surface area contributed by atoms with E-state index in [0.717, 1.165) is 25.7 Å². The molecule has 1 aliphatic heterocycles. The Morgan fingerprint density at radius 1 is 1.00 bits per heavy atom. The van der Waals surface area contributed by atoms with Crippen LogP contribution in [0.5, 0.6) is 0 Å². The minimum Gasteiger partial charge on any atom is -0.468 e. The van der Waals surface area contributed by atoms with Gasteiger partial charge in [-0.15, -0.1) is 0 Å². The maximum absolute atomic E-state index is 12.9. The van der Waals surface area contributed by atoms with Gasteiger partial charge in [0.1, 0.15) is 11.8 Å². The Bertz CT molecular complexity index is 771. The average molecular weight is 422 g/mol. The Balaban J connectivity index is 2.16. The lowest BCUT2D eigenvalue weighted by molar-refractivity contribution is -0.158. The fourth-order valence-electron chi connectivity index (χ4n) is 4.10. The molecule has 0 aromatic carbocycles. The third kappa shape index (κ3) is 5.25. The second-order valence-electron chi connectivity index (χ2n) is 7.77. The van der Waals surface area contributed by atoms with Crippen LogP contribution < -0.4 is 5.32 Å². The van der Waals surface area contributed by atoms with Crippen molar-refractivity contribution in [1.29, 1.82) is 0 Å². The number of nitrogens with zero attached hydrogens (tertiary/aromatic N) is 1. The van der Waals surface area contributed by atoms with Crippen molar-refractivity contribution >= 4 is 29.5 Å². The number of hydrogen-bond donors (Lipinski definition) is 1. The monoisotopic (exact) mass is 422 g/mol. The Hall–Kier alpha value is -2.71. The molecular weight excluding hydrogens is 392 g/mol. The molecule has 9 nitrogen and oxygen atoms in total. The number of amides is 1. The highest BCUT2D eigenvalue weighted by atomic mass is 16.5. The number of esters is 3. The topological polar surface area (TPSA) is 120 Å². The summed E-state index contributed by atoms with van der Waals surface area (Å²) in [7, 11) is 2.35. The van der Waals surface area contributed by atoms with Crippen molar-refractivity contribution in [2.24, 2.45) is 22.7 Å². The van der Waals surface area contributed by atoms with Gasteiger partial charge in [0, 0.05) is 17.5 Å². The first-order valence-corrected chi connectivity index (χ1v) is 10.1. The molecule has 1 unspecified atom stereocenters. The molecule has 1 fully saturated rings. The first-order valence-electron chi connectivity index (χ1n) is 10.1. The zero-order chi connectivity index (χ0) is 22.4. The molecule has 0 saturated heterocycles. The van der Waals surface area contributed by atoms with E-state index < -0.39 is 42.3 Å². The van der Waals surface area contributed by atoms with Crippen LogP contribution in [0.15, 0.2) is 16.3 Å². The van der Waals surface area contributed by atoms with Crippen molar-refractivity contribution in [3.8, 4) is 0 Å². The fraction of sp³-hybridized carbons (Fsp3) is 0.667. The van der Waals surface area contributed by atoms with Crippen LogP contribution >= 0.6 is 0 Å². The Kier molecular flexibility index (Phi) is 8.14. The van der Waals surface area contributed by atoms with Gasteiger partial charge < -0.3 is 19.5 Å². The first-order chi connectivity index (χ1) is 14.2. The zero-order valence-electron chi connectivity index (χ0n) is 18.1. The quantitative estimate of drug-likeness (QED) is 0.509. The van der Waals surface area contributed by atoms with Crippen molar-refractivity contribution < 1.29 is 33.4 Å². The van der Waals surface area contributed by atoms with E-state index in [-0.39, 0.29) is 17.3 Å². The van der Waals surface area contributed by atoms with Crippen LogP contribution in [0.3, 0.4) is 0 Å². The van der Waals surface area contributed by atoms with Gasteiger partial charge >= 0.3 is 17.9 Å². The molecule has 30 heavy (non-hydrogen) atoms. The number of hydrogen-bond acceptors (Lipinski definition) is 8. The number of allylic oxidation sites excluding steroid dienone is 1. The van der Waals surface area contributed by atoms with E-state index in [2.05, 4.69) is 17.2 Å². The van der Waals surface area contributed by atoms with Crippen molar-refractivity contribution in [2.75, 3.05) is 20.8 Å². The van der Waals surface area contributed by atoms with Gasteiger partial charge in [0.25, 0.3) is 5.91 Å². The van der Waals surface area contributed by atoms with Crippen molar-refractivity contribution in [1.82, 2.24) is 5.32 Å². The predicted octanol–water partition coefficient (Wildman–Crippen LogP) is 1.55. The SMILES string of the molecule is COC(=O)C1=C(C)N=C(C)C(C(=O)OC)[C@H]1C(=O)OCC(=O)N[C@@H]1CCCC[C@H]1C. The highest BCUT2D eigenvalue weighted by Gasteiger charge is 2.46. The normalized spacial score (nSPS) is 26.4. The van der Waals surface area contributed by atoms with E-state index >= 15 is 0 Å². The van der Waals surface area contributed by atoms with Gasteiger partial charge in [-0.1, -0.05) is 19.8 Å². The number of nitrogens with one attached hydrogen (secondary N) is 1. The molecule has 0 aromatic heterocycles. The molecule has 2 aliphatic rings. The maximum atomic E-state index is 12.9. The van der Waals surface area contributed by atoms with E-state index in [0.29, 0.717) is 11.6 Å². The van der Waals surface area contributed by atoms with Gasteiger partial charge in [-0.25, -0.2) is 4.79 Å². The van der Waals surface area contributed by atoms with Gasteiger partial charge in [-0.2, -0.15) is 0 Å². The summed E-state index contributed by atoms with van der Waals surface area (Å²) in [6, 6.07) is 0.0459. The molecule has 0 spiro atoms. The molecule has 2 rings (SSSR count). The lowest BCUT2D eigenvalue weighted by Gasteiger charge is -2.30. The summed E-state index contributed by atoms with van der Waals surface area (Å²) >= 11 is 0. The molecular formula is C21H30N2O7. The van der Waals surface area contributed by atoms with E-state index in [1.165, 1.54) is 14.2 Å². The van der Waals surface area contributed by atoms with E-state index in [9.17, 15) is 19.2 Å². The smallest absolute Gasteiger partial charge is 0.336 e. The molecule has 166 valence electrons. The van der Waals surface area contributed by atoms with Gasteiger partial charge in [0.05, 0.1) is 19.8 Å². The summed E-state index contributed by atoms with van der Waals surface area (Å²) in [4.78, 5) is 54.0. The first kappa shape index (κ1) is 23.6. The summed E-state index contributed by atoms with van der Waals surface area (Å²) in [6.45, 7) is 4.69. The minimum atomic E-state index is -1.30. The molecule has 1 aliphatic carbocycles. The summed E-state index contributed by atoms with van der Waals surface area (Å²) in [5.41, 5.74) is 0.487. The third-order valence-electron chi connectivity index (χ3n) is 5.75. The lowest BCUT2D eigenvalue weighted by Crippen LogP contribution is -2.45. The molecule has 4 atom stereocenters. The number of rotatable bonds is 6. The zero-order valence-corrected chi connectivity index (χ0v) is 18.1. The number of ether oxygens (including phenoxy) is 3. The highest BCUT2D eigenvalue weighted by molar-refractivity contribution is 6.10. The number of aliphatic imine (C=N–C) groups is 1. The van der Waals surface area contributed by atoms with E-state index in [4.69, 9.17) is 14.2 Å². The molecule has 9 heteroatoms. The molecule has 1 N–H and O–H groups in total. The third-order valence-corrected chi connectivity index (χ3v) is 5.75. The van der Waals surface area contributed by atoms with Gasteiger partial charge in [-0.05, 0) is 32.6 Å². The predicted molar refractivity (Wildman–Crippen MR) is 107 cm³/mol. The largest absolute Gasteiger partial charge is 0.468 e. The van der Waals surface area contributed by atoms with Gasteiger partial charge in [-0.3, -0.25) is 19.4 Å². The van der Waals surface area contributed by atoms with Crippen LogP contribution in [-0.2, 0) is 33.4 Å². The molecule has 1 saturated carbocycles. The molecule has 1 heterocycles. The summed E-state index contributed by atoms with van der Waals surface area (Å²) in [6.07, 6.45) is 4.11. The van der Waals surface area contributed by atoms with Crippen LogP contribution in [0.2, 0.25) is 0 Å². The highest BCUT2D eigenvalue weighted by Crippen LogP contribution is 2.33. The summed E-state index contributed by atoms with van der Waals surface area (Å²) in [5, 5.41) is 2.90. The Morgan fingerprint density at radius 3 is 2.27 bits per heavy atom. The van der Waals surface area contributed by atoms with Crippen LogP contribution in [0.4, 0.5) is 0 Å². The average Bonchev–Trinajstić information content (AvgIpc) is 2.72. The van der Waals surface area contributed by atoms with Crippen molar-refractivity contribution in [3.63, 3.8) is 0 Å². The minimum absolute atomic E-state index is 0.0459. The molecule has 0 aromatic rings. The Labute approximate surface area is 176 Å². The molecule has 1 amide bonds. The standard InChI is InChI=1S/C21H30N2O7/c1-11-8-6-7-9-14(11)23-15(24)10-30-21(27)18-16(19(25)28-4)12(2)22-13(3)17(18)20(26)29-5/h11,14,16,18H,6-10H2,1-5H3,(H,23,24)/t11-,14-,16?,18-/m1/s1. The van der Waals surface area contributed by atoms with Crippen molar-refractivity contribution in [2.45, 2.75) is 52.5 Å². The molecule has 0 bridgehead atoms. The summed E-state index contributed by atoms with van der Waals surface area (Å²) in [5.74, 6) is -4.90. The van der Waals surface area contributed by atoms with Crippen LogP contribution in [-0.4, -0.2) is 56.4 Å². The van der Waals surface area contributed by atoms with Crippen LogP contribution in [0.1, 0.15) is 46.5 Å².